The molecule has 0 radical (unpaired) electrons. The van der Waals surface area contributed by atoms with Crippen molar-refractivity contribution in [1.29, 1.82) is 0 Å². The molecule has 1 rings (SSSR count). The average molecular weight is 189 g/mol. The first kappa shape index (κ1) is 9.59. The van der Waals surface area contributed by atoms with Gasteiger partial charge in [0, 0.05) is 6.07 Å². The molecule has 0 unspecified atom stereocenters. The molecule has 1 aromatic heterocycles. The number of nitrogens with two attached hydrogens (primary N) is 1. The van der Waals surface area contributed by atoms with Crippen molar-refractivity contribution in [1.82, 2.24) is 9.97 Å². The second-order valence-corrected chi connectivity index (χ2v) is 2.20. The summed E-state index contributed by atoms with van der Waals surface area (Å²) in [5, 5.41) is 2.42. The number of anilines is 2. The van der Waals surface area contributed by atoms with E-state index in [2.05, 4.69) is 20.7 Å². The van der Waals surface area contributed by atoms with E-state index in [1.165, 1.54) is 12.4 Å². The Labute approximate surface area is 73.3 Å². The number of nitrogens with one attached hydrogen (secondary N) is 2. The number of alkyl halides is 2. The van der Waals surface area contributed by atoms with Crippen LogP contribution in [0.25, 0.3) is 0 Å². The first-order valence-corrected chi connectivity index (χ1v) is 3.53. The molecule has 1 heterocycles. The quantitative estimate of drug-likeness (QED) is 0.473. The van der Waals surface area contributed by atoms with Crippen LogP contribution >= 0.6 is 0 Å². The molecule has 13 heavy (non-hydrogen) atoms. The van der Waals surface area contributed by atoms with Crippen LogP contribution in [0.3, 0.4) is 0 Å². The van der Waals surface area contributed by atoms with Crippen molar-refractivity contribution in [3.05, 3.63) is 12.4 Å². The van der Waals surface area contributed by atoms with E-state index in [1.54, 1.807) is 0 Å². The minimum Gasteiger partial charge on any atom is -0.364 e. The van der Waals surface area contributed by atoms with E-state index in [9.17, 15) is 8.78 Å². The lowest BCUT2D eigenvalue weighted by Gasteiger charge is -2.05. The van der Waals surface area contributed by atoms with Gasteiger partial charge in [-0.25, -0.2) is 24.6 Å². The lowest BCUT2D eigenvalue weighted by atomic mass is 10.5. The Balaban J connectivity index is 2.56. The third kappa shape index (κ3) is 3.16. The molecule has 4 N–H and O–H groups in total. The summed E-state index contributed by atoms with van der Waals surface area (Å²) in [5.41, 5.74) is 2.28. The van der Waals surface area contributed by atoms with Crippen molar-refractivity contribution in [3.63, 3.8) is 0 Å². The summed E-state index contributed by atoms with van der Waals surface area (Å²) in [4.78, 5) is 7.42. The van der Waals surface area contributed by atoms with Crippen LogP contribution in [0.1, 0.15) is 0 Å². The molecule has 0 aliphatic carbocycles. The summed E-state index contributed by atoms with van der Waals surface area (Å²) >= 11 is 0. The molecule has 0 bridgehead atoms. The number of halogens is 2. The highest BCUT2D eigenvalue weighted by Crippen LogP contribution is 2.07. The fourth-order valence-corrected chi connectivity index (χ4v) is 0.715. The lowest BCUT2D eigenvalue weighted by Crippen LogP contribution is -2.13. The summed E-state index contributed by atoms with van der Waals surface area (Å²) < 4.78 is 23.5. The maximum absolute atomic E-state index is 11.8. The number of hydrazine groups is 1. The SMILES string of the molecule is NNc1cc(NCC(F)F)ncn1. The van der Waals surface area contributed by atoms with Crippen LogP contribution < -0.4 is 16.6 Å². The molecule has 0 atom stereocenters. The van der Waals surface area contributed by atoms with Gasteiger partial charge >= 0.3 is 0 Å². The van der Waals surface area contributed by atoms with Gasteiger partial charge in [-0.2, -0.15) is 0 Å². The van der Waals surface area contributed by atoms with Crippen LogP contribution in [-0.4, -0.2) is 22.9 Å². The topological polar surface area (TPSA) is 75.9 Å². The van der Waals surface area contributed by atoms with E-state index >= 15 is 0 Å². The standard InChI is InChI=1S/C6H9F2N5/c7-4(8)2-10-5-1-6(13-9)12-3-11-5/h1,3-4H,2,9H2,(H2,10,11,12,13). The maximum Gasteiger partial charge on any atom is 0.255 e. The lowest BCUT2D eigenvalue weighted by molar-refractivity contribution is 0.163. The normalized spacial score (nSPS) is 10.2. The van der Waals surface area contributed by atoms with Gasteiger partial charge in [0.05, 0.1) is 6.54 Å². The Kier molecular flexibility index (Phi) is 3.32. The third-order valence-corrected chi connectivity index (χ3v) is 1.25. The molecule has 72 valence electrons. The highest BCUT2D eigenvalue weighted by molar-refractivity contribution is 5.45. The molecule has 1 aromatic rings. The van der Waals surface area contributed by atoms with Gasteiger partial charge in [-0.05, 0) is 0 Å². The number of aromatic nitrogens is 2. The van der Waals surface area contributed by atoms with Gasteiger partial charge in [0.25, 0.3) is 6.43 Å². The molecule has 0 saturated heterocycles. The Morgan fingerprint density at radius 2 is 2.08 bits per heavy atom. The molecular weight excluding hydrogens is 180 g/mol. The zero-order valence-electron chi connectivity index (χ0n) is 6.67. The molecule has 0 spiro atoms. The fraction of sp³-hybridized carbons (Fsp3) is 0.333. The Hall–Kier alpha value is -1.50. The van der Waals surface area contributed by atoms with E-state index in [0.29, 0.717) is 11.6 Å². The zero-order chi connectivity index (χ0) is 9.68. The van der Waals surface area contributed by atoms with Crippen molar-refractivity contribution >= 4 is 11.6 Å². The summed E-state index contributed by atoms with van der Waals surface area (Å²) in [6.07, 6.45) is -1.19. The van der Waals surface area contributed by atoms with Gasteiger partial charge in [0.2, 0.25) is 0 Å². The smallest absolute Gasteiger partial charge is 0.255 e. The third-order valence-electron chi connectivity index (χ3n) is 1.25. The summed E-state index contributed by atoms with van der Waals surface area (Å²) in [6.45, 7) is -0.443. The van der Waals surface area contributed by atoms with Gasteiger partial charge in [-0.3, -0.25) is 0 Å². The molecular formula is C6H9F2N5. The summed E-state index contributed by atoms with van der Waals surface area (Å²) in [7, 11) is 0. The van der Waals surface area contributed by atoms with Crippen molar-refractivity contribution in [2.24, 2.45) is 5.84 Å². The minimum atomic E-state index is -2.41. The highest BCUT2D eigenvalue weighted by Gasteiger charge is 2.02. The molecule has 5 nitrogen and oxygen atoms in total. The van der Waals surface area contributed by atoms with E-state index in [0.717, 1.165) is 0 Å². The van der Waals surface area contributed by atoms with Crippen LogP contribution in [0.2, 0.25) is 0 Å². The largest absolute Gasteiger partial charge is 0.364 e. The van der Waals surface area contributed by atoms with Crippen molar-refractivity contribution in [2.45, 2.75) is 6.43 Å². The molecule has 0 aromatic carbocycles. The average Bonchev–Trinajstić information content (AvgIpc) is 2.15. The van der Waals surface area contributed by atoms with Crippen LogP contribution in [0.5, 0.6) is 0 Å². The molecule has 0 fully saturated rings. The first-order chi connectivity index (χ1) is 6.22. The number of hydrogen-bond donors (Lipinski definition) is 3. The van der Waals surface area contributed by atoms with Crippen molar-refractivity contribution in [3.8, 4) is 0 Å². The van der Waals surface area contributed by atoms with Gasteiger partial charge in [-0.15, -0.1) is 0 Å². The van der Waals surface area contributed by atoms with Gasteiger partial charge in [-0.1, -0.05) is 0 Å². The van der Waals surface area contributed by atoms with Crippen LogP contribution in [-0.2, 0) is 0 Å². The van der Waals surface area contributed by atoms with Crippen molar-refractivity contribution in [2.75, 3.05) is 17.3 Å². The van der Waals surface area contributed by atoms with E-state index in [1.807, 2.05) is 0 Å². The number of nitrogens with zero attached hydrogens (tertiary/aromatic N) is 2. The van der Waals surface area contributed by atoms with Crippen LogP contribution in [0.15, 0.2) is 12.4 Å². The van der Waals surface area contributed by atoms with Gasteiger partial charge < -0.3 is 10.7 Å². The number of nitrogen functional groups attached to an aromatic ring is 1. The van der Waals surface area contributed by atoms with Gasteiger partial charge in [0.1, 0.15) is 18.0 Å². The number of rotatable bonds is 4. The van der Waals surface area contributed by atoms with E-state index < -0.39 is 13.0 Å². The fourth-order valence-electron chi connectivity index (χ4n) is 0.715. The van der Waals surface area contributed by atoms with E-state index in [-0.39, 0.29) is 0 Å². The minimum absolute atomic E-state index is 0.309. The van der Waals surface area contributed by atoms with Crippen molar-refractivity contribution < 1.29 is 8.78 Å². The second-order valence-electron chi connectivity index (χ2n) is 2.20. The van der Waals surface area contributed by atoms with Gasteiger partial charge in [0.15, 0.2) is 0 Å². The Morgan fingerprint density at radius 3 is 2.69 bits per heavy atom. The summed E-state index contributed by atoms with van der Waals surface area (Å²) in [5.74, 6) is 5.73. The second kappa shape index (κ2) is 4.51. The monoisotopic (exact) mass is 189 g/mol. The van der Waals surface area contributed by atoms with Crippen LogP contribution in [0.4, 0.5) is 20.4 Å². The highest BCUT2D eigenvalue weighted by atomic mass is 19.3. The molecule has 0 saturated carbocycles. The molecule has 0 aliphatic rings. The summed E-state index contributed by atoms with van der Waals surface area (Å²) in [6, 6.07) is 1.43. The molecule has 0 aliphatic heterocycles. The number of hydrogen-bond acceptors (Lipinski definition) is 5. The maximum atomic E-state index is 11.8. The predicted molar refractivity (Wildman–Crippen MR) is 44.3 cm³/mol. The van der Waals surface area contributed by atoms with Crippen LogP contribution in [0, 0.1) is 0 Å². The molecule has 7 heteroatoms. The predicted octanol–water partition coefficient (Wildman–Crippen LogP) is 0.439. The molecule has 0 amide bonds. The zero-order valence-corrected chi connectivity index (χ0v) is 6.67. The van der Waals surface area contributed by atoms with E-state index in [4.69, 9.17) is 5.84 Å². The first-order valence-electron chi connectivity index (χ1n) is 3.53. The Bertz CT molecular complexity index is 267. The Morgan fingerprint density at radius 1 is 1.38 bits per heavy atom.